The largest absolute Gasteiger partial charge is 0.449 e. The maximum atomic E-state index is 13.2. The number of carbonyl (C=O) groups excluding carboxylic acids is 2. The van der Waals surface area contributed by atoms with E-state index in [0.717, 1.165) is 11.1 Å². The van der Waals surface area contributed by atoms with Crippen LogP contribution in [-0.2, 0) is 22.6 Å². The van der Waals surface area contributed by atoms with Crippen molar-refractivity contribution in [1.82, 2.24) is 9.88 Å². The first-order chi connectivity index (χ1) is 15.4. The number of pyridine rings is 1. The predicted molar refractivity (Wildman–Crippen MR) is 118 cm³/mol. The molecular formula is C24H22F2N2O3S. The minimum absolute atomic E-state index is 0.102. The zero-order valence-electron chi connectivity index (χ0n) is 17.4. The molecule has 8 heteroatoms. The van der Waals surface area contributed by atoms with Crippen molar-refractivity contribution in [3.63, 3.8) is 0 Å². The molecule has 0 N–H and O–H groups in total. The van der Waals surface area contributed by atoms with Gasteiger partial charge in [0.1, 0.15) is 5.03 Å². The number of alkyl halides is 2. The lowest BCUT2D eigenvalue weighted by Gasteiger charge is -2.26. The number of halogens is 2. The molecule has 0 bridgehead atoms. The van der Waals surface area contributed by atoms with E-state index in [2.05, 4.69) is 4.98 Å². The Kier molecular flexibility index (Phi) is 8.33. The Hall–Kier alpha value is -3.26. The third kappa shape index (κ3) is 6.62. The van der Waals surface area contributed by atoms with Crippen LogP contribution in [0.5, 0.6) is 0 Å². The number of aromatic nitrogens is 1. The molecular weight excluding hydrogens is 434 g/mol. The molecule has 5 nitrogen and oxygen atoms in total. The minimum Gasteiger partial charge on any atom is -0.449 e. The molecule has 0 spiro atoms. The lowest BCUT2D eigenvalue weighted by molar-refractivity contribution is -0.141. The molecule has 0 fully saturated rings. The van der Waals surface area contributed by atoms with Crippen molar-refractivity contribution in [2.45, 2.75) is 36.9 Å². The summed E-state index contributed by atoms with van der Waals surface area (Å²) in [7, 11) is 0. The summed E-state index contributed by atoms with van der Waals surface area (Å²) >= 11 is 0.158. The van der Waals surface area contributed by atoms with Gasteiger partial charge in [0.05, 0.1) is 5.56 Å². The number of benzene rings is 2. The highest BCUT2D eigenvalue weighted by Gasteiger charge is 2.26. The highest BCUT2D eigenvalue weighted by molar-refractivity contribution is 7.99. The Bertz CT molecular complexity index is 994. The van der Waals surface area contributed by atoms with Gasteiger partial charge in [0, 0.05) is 19.3 Å². The Morgan fingerprint density at radius 2 is 1.50 bits per heavy atom. The zero-order chi connectivity index (χ0) is 22.9. The van der Waals surface area contributed by atoms with E-state index in [-0.39, 0.29) is 22.4 Å². The number of hydrogen-bond acceptors (Lipinski definition) is 5. The Morgan fingerprint density at radius 1 is 0.938 bits per heavy atom. The van der Waals surface area contributed by atoms with Gasteiger partial charge in [0.25, 0.3) is 11.7 Å². The zero-order valence-corrected chi connectivity index (χ0v) is 18.2. The molecule has 1 aromatic heterocycles. The van der Waals surface area contributed by atoms with Crippen LogP contribution in [0, 0.1) is 0 Å². The van der Waals surface area contributed by atoms with Crippen LogP contribution in [0.25, 0.3) is 0 Å². The van der Waals surface area contributed by atoms with E-state index >= 15 is 0 Å². The second kappa shape index (κ2) is 11.4. The highest BCUT2D eigenvalue weighted by Crippen LogP contribution is 2.27. The van der Waals surface area contributed by atoms with E-state index < -0.39 is 23.7 Å². The van der Waals surface area contributed by atoms with Gasteiger partial charge >= 0.3 is 5.97 Å². The number of carbonyl (C=O) groups is 2. The normalized spacial score (nSPS) is 11.8. The maximum absolute atomic E-state index is 13.2. The molecule has 1 atom stereocenters. The molecule has 3 aromatic rings. The van der Waals surface area contributed by atoms with Crippen molar-refractivity contribution in [2.24, 2.45) is 0 Å². The minimum atomic E-state index is -2.73. The van der Waals surface area contributed by atoms with E-state index in [1.807, 2.05) is 60.7 Å². The summed E-state index contributed by atoms with van der Waals surface area (Å²) in [4.78, 5) is 31.2. The Morgan fingerprint density at radius 3 is 2.03 bits per heavy atom. The van der Waals surface area contributed by atoms with Crippen molar-refractivity contribution >= 4 is 23.6 Å². The summed E-state index contributed by atoms with van der Waals surface area (Å²) in [6.07, 6.45) is 0.205. The molecule has 32 heavy (non-hydrogen) atoms. The fraction of sp³-hybridized carbons (Fsp3) is 0.208. The van der Waals surface area contributed by atoms with Gasteiger partial charge in [-0.15, -0.1) is 0 Å². The number of ether oxygens (including phenoxy) is 1. The summed E-state index contributed by atoms with van der Waals surface area (Å²) in [5.41, 5.74) is 1.76. The first-order valence-corrected chi connectivity index (χ1v) is 10.8. The Labute approximate surface area is 189 Å². The molecule has 0 aliphatic heterocycles. The van der Waals surface area contributed by atoms with Crippen molar-refractivity contribution in [3.8, 4) is 0 Å². The molecule has 0 radical (unpaired) electrons. The van der Waals surface area contributed by atoms with Crippen LogP contribution in [0.15, 0.2) is 84.0 Å². The molecule has 0 saturated carbocycles. The van der Waals surface area contributed by atoms with Crippen LogP contribution >= 0.6 is 11.8 Å². The molecule has 166 valence electrons. The van der Waals surface area contributed by atoms with Gasteiger partial charge in [-0.25, -0.2) is 9.78 Å². The number of hydrogen-bond donors (Lipinski definition) is 0. The van der Waals surface area contributed by atoms with Gasteiger partial charge in [-0.3, -0.25) is 4.79 Å². The second-order valence-corrected chi connectivity index (χ2v) is 7.93. The topological polar surface area (TPSA) is 59.5 Å². The molecule has 1 heterocycles. The standard InChI is InChI=1S/C24H22F2N2O3S/c1-17(31-23(30)20-13-8-14-27-21(20)32-24(25)26)22(29)28(15-18-9-4-2-5-10-18)16-19-11-6-3-7-12-19/h2-14,17,24H,15-16H2,1H3/t17-/m1/s1. The SMILES string of the molecule is C[C@@H](OC(=O)c1cccnc1SC(F)F)C(=O)N(Cc1ccccc1)Cc1ccccc1. The van der Waals surface area contributed by atoms with Crippen LogP contribution in [0.3, 0.4) is 0 Å². The molecule has 0 aliphatic carbocycles. The van der Waals surface area contributed by atoms with E-state index in [1.54, 1.807) is 4.90 Å². The van der Waals surface area contributed by atoms with Crippen molar-refractivity contribution in [1.29, 1.82) is 0 Å². The van der Waals surface area contributed by atoms with Crippen LogP contribution in [0.4, 0.5) is 8.78 Å². The third-order valence-electron chi connectivity index (χ3n) is 4.57. The van der Waals surface area contributed by atoms with Gasteiger partial charge in [-0.05, 0) is 41.9 Å². The molecule has 0 aliphatic rings. The average Bonchev–Trinajstić information content (AvgIpc) is 2.79. The predicted octanol–water partition coefficient (Wildman–Crippen LogP) is 5.17. The number of esters is 1. The van der Waals surface area contributed by atoms with E-state index in [4.69, 9.17) is 4.74 Å². The number of nitrogens with zero attached hydrogens (tertiary/aromatic N) is 2. The molecule has 0 unspecified atom stereocenters. The molecule has 0 saturated heterocycles. The maximum Gasteiger partial charge on any atom is 0.341 e. The molecule has 1 amide bonds. The number of rotatable bonds is 9. The average molecular weight is 457 g/mol. The summed E-state index contributed by atoms with van der Waals surface area (Å²) in [5.74, 6) is -4.00. The van der Waals surface area contributed by atoms with E-state index in [0.29, 0.717) is 13.1 Å². The van der Waals surface area contributed by atoms with Crippen molar-refractivity contribution in [2.75, 3.05) is 0 Å². The van der Waals surface area contributed by atoms with Crippen molar-refractivity contribution in [3.05, 3.63) is 95.7 Å². The lowest BCUT2D eigenvalue weighted by atomic mass is 10.1. The van der Waals surface area contributed by atoms with Gasteiger partial charge in [-0.2, -0.15) is 8.78 Å². The van der Waals surface area contributed by atoms with Gasteiger partial charge < -0.3 is 9.64 Å². The first-order valence-electron chi connectivity index (χ1n) is 9.91. The number of thioether (sulfide) groups is 1. The molecule has 2 aromatic carbocycles. The second-order valence-electron chi connectivity index (χ2n) is 6.95. The highest BCUT2D eigenvalue weighted by atomic mass is 32.2. The van der Waals surface area contributed by atoms with Crippen LogP contribution < -0.4 is 0 Å². The summed E-state index contributed by atoms with van der Waals surface area (Å²) in [6, 6.07) is 21.7. The summed E-state index contributed by atoms with van der Waals surface area (Å²) in [5, 5.41) is -0.141. The third-order valence-corrected chi connectivity index (χ3v) is 5.29. The van der Waals surface area contributed by atoms with Gasteiger partial charge in [0.15, 0.2) is 6.10 Å². The monoisotopic (exact) mass is 456 g/mol. The fourth-order valence-electron chi connectivity index (χ4n) is 3.08. The van der Waals surface area contributed by atoms with E-state index in [9.17, 15) is 18.4 Å². The fourth-order valence-corrected chi connectivity index (χ4v) is 3.64. The summed E-state index contributed by atoms with van der Waals surface area (Å²) in [6.45, 7) is 2.13. The van der Waals surface area contributed by atoms with Crippen LogP contribution in [0.2, 0.25) is 0 Å². The van der Waals surface area contributed by atoms with Gasteiger partial charge in [-0.1, -0.05) is 60.7 Å². The van der Waals surface area contributed by atoms with Crippen molar-refractivity contribution < 1.29 is 23.1 Å². The summed E-state index contributed by atoms with van der Waals surface area (Å²) < 4.78 is 30.9. The smallest absolute Gasteiger partial charge is 0.341 e. The van der Waals surface area contributed by atoms with Crippen LogP contribution in [0.1, 0.15) is 28.4 Å². The van der Waals surface area contributed by atoms with Gasteiger partial charge in [0.2, 0.25) is 0 Å². The van der Waals surface area contributed by atoms with Crippen LogP contribution in [-0.4, -0.2) is 33.6 Å². The quantitative estimate of drug-likeness (QED) is 0.328. The Balaban J connectivity index is 1.76. The van der Waals surface area contributed by atoms with E-state index in [1.165, 1.54) is 25.3 Å². The lowest BCUT2D eigenvalue weighted by Crippen LogP contribution is -2.39. The molecule has 3 rings (SSSR count). The number of amides is 1. The first kappa shape index (κ1) is 23.4.